The summed E-state index contributed by atoms with van der Waals surface area (Å²) < 4.78 is 5.52. The summed E-state index contributed by atoms with van der Waals surface area (Å²) in [5.74, 6) is -0.0362. The third-order valence-corrected chi connectivity index (χ3v) is 3.66. The average molecular weight is 334 g/mol. The van der Waals surface area contributed by atoms with E-state index in [4.69, 9.17) is 4.42 Å². The summed E-state index contributed by atoms with van der Waals surface area (Å²) in [6, 6.07) is 8.78. The Labute approximate surface area is 138 Å². The van der Waals surface area contributed by atoms with Crippen molar-refractivity contribution in [2.24, 2.45) is 0 Å². The predicted octanol–water partition coefficient (Wildman–Crippen LogP) is 2.45. The highest BCUT2D eigenvalue weighted by Crippen LogP contribution is 2.25. The van der Waals surface area contributed by atoms with Crippen molar-refractivity contribution in [3.63, 3.8) is 0 Å². The molecule has 0 spiro atoms. The largest absolute Gasteiger partial charge is 0.411 e. The van der Waals surface area contributed by atoms with E-state index in [2.05, 4.69) is 20.8 Å². The number of urea groups is 1. The Morgan fingerprint density at radius 3 is 2.48 bits per heavy atom. The molecule has 7 nitrogen and oxygen atoms in total. The minimum absolute atomic E-state index is 0.0462. The van der Waals surface area contributed by atoms with Crippen molar-refractivity contribution in [2.45, 2.75) is 37.3 Å². The van der Waals surface area contributed by atoms with E-state index in [1.54, 1.807) is 6.92 Å². The van der Waals surface area contributed by atoms with Gasteiger partial charge in [-0.1, -0.05) is 30.0 Å². The number of amides is 3. The molecule has 0 radical (unpaired) electrons. The molecule has 3 amide bonds. The van der Waals surface area contributed by atoms with Gasteiger partial charge in [-0.2, -0.15) is 0 Å². The number of thioether (sulfide) groups is 1. The second-order valence-electron chi connectivity index (χ2n) is 5.12. The van der Waals surface area contributed by atoms with Crippen LogP contribution in [0.1, 0.15) is 20.8 Å². The van der Waals surface area contributed by atoms with Crippen molar-refractivity contribution >= 4 is 23.7 Å². The van der Waals surface area contributed by atoms with E-state index in [0.717, 1.165) is 17.3 Å². The van der Waals surface area contributed by atoms with Gasteiger partial charge in [-0.15, -0.1) is 10.2 Å². The molecule has 2 N–H and O–H groups in total. The van der Waals surface area contributed by atoms with Crippen LogP contribution < -0.4 is 10.6 Å². The molecule has 0 aliphatic heterocycles. The zero-order valence-electron chi connectivity index (χ0n) is 13.1. The van der Waals surface area contributed by atoms with Crippen LogP contribution in [0.5, 0.6) is 0 Å². The Hall–Kier alpha value is -2.35. The van der Waals surface area contributed by atoms with Gasteiger partial charge in [-0.05, 0) is 32.9 Å². The Balaban J connectivity index is 1.93. The number of hydrogen-bond acceptors (Lipinski definition) is 6. The molecular weight excluding hydrogens is 316 g/mol. The Morgan fingerprint density at radius 1 is 1.13 bits per heavy atom. The maximum atomic E-state index is 11.9. The van der Waals surface area contributed by atoms with E-state index < -0.39 is 17.2 Å². The lowest BCUT2D eigenvalue weighted by Gasteiger charge is -2.11. The van der Waals surface area contributed by atoms with Crippen molar-refractivity contribution in [3.05, 3.63) is 30.3 Å². The number of aromatic nitrogens is 2. The van der Waals surface area contributed by atoms with E-state index in [-0.39, 0.29) is 11.3 Å². The first-order chi connectivity index (χ1) is 11.0. The van der Waals surface area contributed by atoms with Crippen molar-refractivity contribution in [1.29, 1.82) is 0 Å². The molecule has 8 heteroatoms. The van der Waals surface area contributed by atoms with Gasteiger partial charge in [0.2, 0.25) is 11.8 Å². The summed E-state index contributed by atoms with van der Waals surface area (Å²) in [6.45, 7) is 5.28. The Bertz CT molecular complexity index is 672. The van der Waals surface area contributed by atoms with Crippen LogP contribution in [0.15, 0.2) is 40.0 Å². The van der Waals surface area contributed by atoms with Crippen LogP contribution in [0.3, 0.4) is 0 Å². The molecular formula is C15H18N4O3S. The second kappa shape index (κ2) is 7.77. The third-order valence-electron chi connectivity index (χ3n) is 2.73. The highest BCUT2D eigenvalue weighted by molar-refractivity contribution is 8.00. The van der Waals surface area contributed by atoms with Gasteiger partial charge in [0.15, 0.2) is 0 Å². The van der Waals surface area contributed by atoms with E-state index >= 15 is 0 Å². The molecule has 1 heterocycles. The highest BCUT2D eigenvalue weighted by atomic mass is 32.2. The number of nitrogens with one attached hydrogen (secondary N) is 2. The first-order valence-electron chi connectivity index (χ1n) is 7.12. The van der Waals surface area contributed by atoms with Gasteiger partial charge < -0.3 is 9.73 Å². The lowest BCUT2D eigenvalue weighted by Crippen LogP contribution is -2.45. The van der Waals surface area contributed by atoms with Gasteiger partial charge >= 0.3 is 6.03 Å². The van der Waals surface area contributed by atoms with Crippen molar-refractivity contribution in [1.82, 2.24) is 20.8 Å². The lowest BCUT2D eigenvalue weighted by molar-refractivity contribution is -0.119. The normalized spacial score (nSPS) is 12.0. The number of carbonyl (C=O) groups excluding carboxylic acids is 2. The van der Waals surface area contributed by atoms with E-state index in [1.807, 2.05) is 44.2 Å². The van der Waals surface area contributed by atoms with Crippen LogP contribution in [0.2, 0.25) is 0 Å². The van der Waals surface area contributed by atoms with Crippen LogP contribution in [0.4, 0.5) is 4.79 Å². The van der Waals surface area contributed by atoms with E-state index in [0.29, 0.717) is 5.89 Å². The fourth-order valence-corrected chi connectivity index (χ4v) is 2.35. The first-order valence-corrected chi connectivity index (χ1v) is 8.00. The number of nitrogens with zero attached hydrogens (tertiary/aromatic N) is 2. The predicted molar refractivity (Wildman–Crippen MR) is 86.9 cm³/mol. The van der Waals surface area contributed by atoms with Crippen molar-refractivity contribution < 1.29 is 14.0 Å². The maximum Gasteiger partial charge on any atom is 0.321 e. The Kier molecular flexibility index (Phi) is 5.75. The van der Waals surface area contributed by atoms with Gasteiger partial charge in [0, 0.05) is 11.6 Å². The molecule has 0 saturated heterocycles. The second-order valence-corrected chi connectivity index (χ2v) is 6.41. The maximum absolute atomic E-state index is 11.9. The zero-order valence-corrected chi connectivity index (χ0v) is 13.9. The smallest absolute Gasteiger partial charge is 0.321 e. The lowest BCUT2D eigenvalue weighted by atomic mass is 10.2. The highest BCUT2D eigenvalue weighted by Gasteiger charge is 2.20. The number of hydrogen-bond donors (Lipinski definition) is 2. The summed E-state index contributed by atoms with van der Waals surface area (Å²) in [7, 11) is 0. The number of imide groups is 1. The summed E-state index contributed by atoms with van der Waals surface area (Å²) in [6.07, 6.45) is 0. The van der Waals surface area contributed by atoms with Gasteiger partial charge in [0.05, 0.1) is 5.25 Å². The van der Waals surface area contributed by atoms with Crippen molar-refractivity contribution in [2.75, 3.05) is 0 Å². The summed E-state index contributed by atoms with van der Waals surface area (Å²) in [5.41, 5.74) is 0.806. The van der Waals surface area contributed by atoms with Gasteiger partial charge in [-0.3, -0.25) is 10.1 Å². The zero-order chi connectivity index (χ0) is 16.8. The molecule has 1 aromatic heterocycles. The number of benzene rings is 1. The first kappa shape index (κ1) is 17.0. The number of rotatable bonds is 5. The molecule has 2 aromatic rings. The van der Waals surface area contributed by atoms with Crippen molar-refractivity contribution in [3.8, 4) is 11.5 Å². The van der Waals surface area contributed by atoms with Gasteiger partial charge in [0.1, 0.15) is 0 Å². The van der Waals surface area contributed by atoms with E-state index in [1.165, 1.54) is 0 Å². The topological polar surface area (TPSA) is 97.1 Å². The van der Waals surface area contributed by atoms with Gasteiger partial charge in [-0.25, -0.2) is 4.79 Å². The molecule has 1 aromatic carbocycles. The summed E-state index contributed by atoms with van der Waals surface area (Å²) in [4.78, 5) is 23.4. The minimum Gasteiger partial charge on any atom is -0.411 e. The van der Waals surface area contributed by atoms with Crippen LogP contribution >= 0.6 is 11.8 Å². The fourth-order valence-electron chi connectivity index (χ4n) is 1.67. The van der Waals surface area contributed by atoms with Crippen LogP contribution in [0.25, 0.3) is 11.5 Å². The van der Waals surface area contributed by atoms with Gasteiger partial charge in [0.25, 0.3) is 5.22 Å². The molecule has 0 fully saturated rings. The summed E-state index contributed by atoms with van der Waals surface area (Å²) in [5, 5.41) is 12.4. The number of carbonyl (C=O) groups is 2. The molecule has 0 saturated carbocycles. The van der Waals surface area contributed by atoms with Crippen LogP contribution in [-0.4, -0.2) is 33.4 Å². The van der Waals surface area contributed by atoms with Crippen LogP contribution in [-0.2, 0) is 4.79 Å². The molecule has 1 atom stereocenters. The van der Waals surface area contributed by atoms with E-state index in [9.17, 15) is 9.59 Å². The average Bonchev–Trinajstić information content (AvgIpc) is 2.95. The molecule has 0 bridgehead atoms. The molecule has 122 valence electrons. The quantitative estimate of drug-likeness (QED) is 0.815. The molecule has 0 aliphatic carbocycles. The molecule has 23 heavy (non-hydrogen) atoms. The van der Waals surface area contributed by atoms with Crippen LogP contribution in [0, 0.1) is 0 Å². The fraction of sp³-hybridized carbons (Fsp3) is 0.333. The molecule has 0 unspecified atom stereocenters. The third kappa shape index (κ3) is 5.10. The SMILES string of the molecule is CC(C)NC(=O)NC(=O)[C@H](C)Sc1nnc(-c2ccccc2)o1. The minimum atomic E-state index is -0.544. The Morgan fingerprint density at radius 2 is 1.83 bits per heavy atom. The molecule has 0 aliphatic rings. The summed E-state index contributed by atoms with van der Waals surface area (Å²) >= 11 is 1.10. The standard InChI is InChI=1S/C15H18N4O3S/c1-9(2)16-14(21)17-12(20)10(3)23-15-19-18-13(22-15)11-7-5-4-6-8-11/h4-10H,1-3H3,(H2,16,17,20,21)/t10-/m0/s1. The monoisotopic (exact) mass is 334 g/mol. The molecule has 2 rings (SSSR count).